The van der Waals surface area contributed by atoms with Gasteiger partial charge in [-0.3, -0.25) is 0 Å². The molecule has 0 aliphatic rings. The van der Waals surface area contributed by atoms with Crippen LogP contribution in [0.15, 0.2) is 12.2 Å². The number of likely N-dealkylation sites (N-methyl/N-ethyl adjacent to an activating group) is 1. The van der Waals surface area contributed by atoms with E-state index < -0.39 is 0 Å². The van der Waals surface area contributed by atoms with Gasteiger partial charge in [0.15, 0.2) is 0 Å². The average molecular weight is 200 g/mol. The first-order valence-corrected chi connectivity index (χ1v) is 5.67. The summed E-state index contributed by atoms with van der Waals surface area (Å²) >= 11 is 0. The third-order valence-corrected chi connectivity index (χ3v) is 3.07. The first-order chi connectivity index (χ1) is 6.60. The molecule has 0 saturated carbocycles. The molecule has 0 amide bonds. The van der Waals surface area contributed by atoms with Crippen molar-refractivity contribution in [3.8, 4) is 0 Å². The van der Waals surface area contributed by atoms with E-state index in [4.69, 9.17) is 4.74 Å². The fourth-order valence-electron chi connectivity index (χ4n) is 1.65. The standard InChI is InChI=1S/C12H26NO/c1-6-13(7-2,8-3)9-10-14-11-12(4)5/h4,6-11H2,1-3,5H3/q+1. The highest BCUT2D eigenvalue weighted by atomic mass is 16.5. The fraction of sp³-hybridized carbons (Fsp3) is 0.833. The van der Waals surface area contributed by atoms with Crippen LogP contribution in [0.25, 0.3) is 0 Å². The second kappa shape index (κ2) is 7.02. The molecule has 0 aliphatic heterocycles. The Morgan fingerprint density at radius 1 is 1.14 bits per heavy atom. The van der Waals surface area contributed by atoms with Crippen LogP contribution in [0.3, 0.4) is 0 Å². The number of hydrogen-bond acceptors (Lipinski definition) is 1. The van der Waals surface area contributed by atoms with Crippen LogP contribution in [-0.4, -0.2) is 43.9 Å². The van der Waals surface area contributed by atoms with Gasteiger partial charge >= 0.3 is 0 Å². The van der Waals surface area contributed by atoms with E-state index in [1.807, 2.05) is 6.92 Å². The lowest BCUT2D eigenvalue weighted by Crippen LogP contribution is -2.49. The van der Waals surface area contributed by atoms with Gasteiger partial charge in [-0.1, -0.05) is 12.2 Å². The quantitative estimate of drug-likeness (QED) is 0.332. The second-order valence-electron chi connectivity index (χ2n) is 4.02. The summed E-state index contributed by atoms with van der Waals surface area (Å²) in [6.45, 7) is 18.9. The Bertz CT molecular complexity index is 153. The molecule has 0 spiro atoms. The molecule has 0 fully saturated rings. The van der Waals surface area contributed by atoms with Crippen LogP contribution in [0.1, 0.15) is 27.7 Å². The predicted octanol–water partition coefficient (Wildman–Crippen LogP) is 2.46. The second-order valence-corrected chi connectivity index (χ2v) is 4.02. The number of quaternary nitrogens is 1. The zero-order valence-corrected chi connectivity index (χ0v) is 10.3. The number of nitrogens with zero attached hydrogens (tertiary/aromatic N) is 1. The predicted molar refractivity (Wildman–Crippen MR) is 62.4 cm³/mol. The average Bonchev–Trinajstić information content (AvgIpc) is 2.19. The number of rotatable bonds is 8. The van der Waals surface area contributed by atoms with Gasteiger partial charge in [-0.15, -0.1) is 0 Å². The molecule has 0 radical (unpaired) electrons. The van der Waals surface area contributed by atoms with Crippen molar-refractivity contribution in [2.75, 3.05) is 39.4 Å². The summed E-state index contributed by atoms with van der Waals surface area (Å²) in [6.07, 6.45) is 0. The molecule has 0 N–H and O–H groups in total. The van der Waals surface area contributed by atoms with E-state index in [2.05, 4.69) is 27.4 Å². The van der Waals surface area contributed by atoms with Crippen LogP contribution in [-0.2, 0) is 4.74 Å². The zero-order valence-electron chi connectivity index (χ0n) is 10.3. The normalized spacial score (nSPS) is 11.7. The molecule has 0 bridgehead atoms. The topological polar surface area (TPSA) is 9.23 Å². The zero-order chi connectivity index (χ0) is 11.0. The van der Waals surface area contributed by atoms with Crippen LogP contribution < -0.4 is 0 Å². The molecule has 0 unspecified atom stereocenters. The molecular formula is C12H26NO+. The van der Waals surface area contributed by atoms with Crippen LogP contribution in [0.4, 0.5) is 0 Å². The van der Waals surface area contributed by atoms with E-state index in [1.54, 1.807) is 0 Å². The highest BCUT2D eigenvalue weighted by Crippen LogP contribution is 2.05. The SMILES string of the molecule is C=C(C)COCC[N+](CC)(CC)CC. The summed E-state index contributed by atoms with van der Waals surface area (Å²) in [5.41, 5.74) is 1.10. The third-order valence-electron chi connectivity index (χ3n) is 3.07. The van der Waals surface area contributed by atoms with Crippen LogP contribution in [0.2, 0.25) is 0 Å². The monoisotopic (exact) mass is 200 g/mol. The largest absolute Gasteiger partial charge is 0.371 e. The van der Waals surface area contributed by atoms with Gasteiger partial charge in [-0.25, -0.2) is 0 Å². The van der Waals surface area contributed by atoms with E-state index in [-0.39, 0.29) is 0 Å². The maximum Gasteiger partial charge on any atom is 0.102 e. The Hall–Kier alpha value is -0.340. The van der Waals surface area contributed by atoms with Crippen molar-refractivity contribution in [3.05, 3.63) is 12.2 Å². The molecule has 0 atom stereocenters. The van der Waals surface area contributed by atoms with Gasteiger partial charge in [0.1, 0.15) is 6.54 Å². The van der Waals surface area contributed by atoms with Crippen molar-refractivity contribution in [1.29, 1.82) is 0 Å². The van der Waals surface area contributed by atoms with Crippen molar-refractivity contribution >= 4 is 0 Å². The molecule has 0 aromatic heterocycles. The molecule has 0 aliphatic carbocycles. The van der Waals surface area contributed by atoms with E-state index in [9.17, 15) is 0 Å². The lowest BCUT2D eigenvalue weighted by Gasteiger charge is -2.35. The van der Waals surface area contributed by atoms with Gasteiger partial charge in [0.2, 0.25) is 0 Å². The summed E-state index contributed by atoms with van der Waals surface area (Å²) in [7, 11) is 0. The minimum Gasteiger partial charge on any atom is -0.371 e. The summed E-state index contributed by atoms with van der Waals surface area (Å²) in [5.74, 6) is 0. The van der Waals surface area contributed by atoms with Crippen LogP contribution in [0, 0.1) is 0 Å². The van der Waals surface area contributed by atoms with Gasteiger partial charge in [-0.05, 0) is 27.7 Å². The smallest absolute Gasteiger partial charge is 0.102 e. The highest BCUT2D eigenvalue weighted by Gasteiger charge is 2.19. The molecule has 0 aromatic rings. The molecule has 84 valence electrons. The van der Waals surface area contributed by atoms with Crippen molar-refractivity contribution in [2.45, 2.75) is 27.7 Å². The maximum absolute atomic E-state index is 5.54. The highest BCUT2D eigenvalue weighted by molar-refractivity contribution is 4.87. The molecule has 0 heterocycles. The van der Waals surface area contributed by atoms with Gasteiger partial charge in [0.25, 0.3) is 0 Å². The Morgan fingerprint density at radius 2 is 1.64 bits per heavy atom. The van der Waals surface area contributed by atoms with Gasteiger partial charge in [0, 0.05) is 0 Å². The van der Waals surface area contributed by atoms with Crippen molar-refractivity contribution in [3.63, 3.8) is 0 Å². The Labute approximate surface area is 89.1 Å². The van der Waals surface area contributed by atoms with Crippen molar-refractivity contribution in [1.82, 2.24) is 0 Å². The Morgan fingerprint density at radius 3 is 2.00 bits per heavy atom. The Kier molecular flexibility index (Phi) is 6.85. The molecule has 14 heavy (non-hydrogen) atoms. The molecule has 0 saturated heterocycles. The first kappa shape index (κ1) is 13.7. The van der Waals surface area contributed by atoms with E-state index in [0.29, 0.717) is 6.61 Å². The van der Waals surface area contributed by atoms with Crippen LogP contribution in [0.5, 0.6) is 0 Å². The molecule has 0 rings (SSSR count). The lowest BCUT2D eigenvalue weighted by atomic mass is 10.3. The van der Waals surface area contributed by atoms with Crippen molar-refractivity contribution in [2.24, 2.45) is 0 Å². The summed E-state index contributed by atoms with van der Waals surface area (Å²) in [6, 6.07) is 0. The number of hydrogen-bond donors (Lipinski definition) is 0. The third kappa shape index (κ3) is 4.77. The molecule has 2 heteroatoms. The molecule has 2 nitrogen and oxygen atoms in total. The van der Waals surface area contributed by atoms with E-state index in [0.717, 1.165) is 23.2 Å². The summed E-state index contributed by atoms with van der Waals surface area (Å²) in [5, 5.41) is 0. The Balaban J connectivity index is 3.77. The van der Waals surface area contributed by atoms with Gasteiger partial charge in [-0.2, -0.15) is 0 Å². The maximum atomic E-state index is 5.54. The van der Waals surface area contributed by atoms with Gasteiger partial charge in [0.05, 0.1) is 32.8 Å². The minimum absolute atomic E-state index is 0.705. The summed E-state index contributed by atoms with van der Waals surface area (Å²) in [4.78, 5) is 0. The van der Waals surface area contributed by atoms with E-state index in [1.165, 1.54) is 19.6 Å². The molecular weight excluding hydrogens is 174 g/mol. The van der Waals surface area contributed by atoms with E-state index >= 15 is 0 Å². The number of ether oxygens (including phenoxy) is 1. The fourth-order valence-corrected chi connectivity index (χ4v) is 1.65. The van der Waals surface area contributed by atoms with Crippen LogP contribution >= 0.6 is 0 Å². The summed E-state index contributed by atoms with van der Waals surface area (Å²) < 4.78 is 6.70. The molecule has 0 aromatic carbocycles. The first-order valence-electron chi connectivity index (χ1n) is 5.67. The minimum atomic E-state index is 0.705. The lowest BCUT2D eigenvalue weighted by molar-refractivity contribution is -0.923. The van der Waals surface area contributed by atoms with Gasteiger partial charge < -0.3 is 9.22 Å². The van der Waals surface area contributed by atoms with Crippen molar-refractivity contribution < 1.29 is 9.22 Å².